The van der Waals surface area contributed by atoms with Gasteiger partial charge in [0, 0.05) is 25.9 Å². The minimum Gasteiger partial charge on any atom is -0.356 e. The van der Waals surface area contributed by atoms with Crippen molar-refractivity contribution in [3.63, 3.8) is 0 Å². The van der Waals surface area contributed by atoms with Crippen LogP contribution in [0.5, 0.6) is 0 Å². The van der Waals surface area contributed by atoms with Crippen molar-refractivity contribution in [2.45, 2.75) is 439 Å². The van der Waals surface area contributed by atoms with E-state index in [9.17, 15) is 9.59 Å². The molecule has 2 N–H and O–H groups in total. The normalized spacial score (nSPS) is 11.6. The molecule has 0 spiro atoms. The van der Waals surface area contributed by atoms with Crippen LogP contribution in [0.15, 0.2) is 24.3 Å². The Hall–Kier alpha value is -1.58. The molecule has 0 radical (unpaired) electrons. The number of nitrogens with one attached hydrogen (secondary N) is 2. The maximum absolute atomic E-state index is 12.1. The number of carbonyl (C=O) groups is 2. The van der Waals surface area contributed by atoms with Crippen LogP contribution in [-0.2, 0) is 9.59 Å². The summed E-state index contributed by atoms with van der Waals surface area (Å²) in [6, 6.07) is 0. The van der Waals surface area contributed by atoms with E-state index in [0.717, 1.165) is 51.6 Å². The second-order valence-corrected chi connectivity index (χ2v) is 25.4. The van der Waals surface area contributed by atoms with Gasteiger partial charge in [-0.3, -0.25) is 9.59 Å². The van der Waals surface area contributed by atoms with Gasteiger partial charge in [-0.2, -0.15) is 0 Å². The van der Waals surface area contributed by atoms with Crippen molar-refractivity contribution in [3.05, 3.63) is 24.3 Å². The number of carbonyl (C=O) groups excluding carboxylic acids is 2. The molecule has 0 atom stereocenters. The molecule has 0 saturated heterocycles. The van der Waals surface area contributed by atoms with Gasteiger partial charge in [-0.15, -0.1) is 0 Å². The van der Waals surface area contributed by atoms with Gasteiger partial charge in [0.2, 0.25) is 11.8 Å². The molecule has 476 valence electrons. The van der Waals surface area contributed by atoms with Crippen molar-refractivity contribution in [2.24, 2.45) is 0 Å². The highest BCUT2D eigenvalue weighted by Crippen LogP contribution is 2.18. The summed E-state index contributed by atoms with van der Waals surface area (Å²) in [6.07, 6.45) is 95.5. The van der Waals surface area contributed by atoms with Gasteiger partial charge in [0.15, 0.2) is 0 Å². The van der Waals surface area contributed by atoms with Gasteiger partial charge >= 0.3 is 0 Å². The highest BCUT2D eigenvalue weighted by molar-refractivity contribution is 5.76. The largest absolute Gasteiger partial charge is 0.356 e. The van der Waals surface area contributed by atoms with E-state index in [1.165, 1.54) is 372 Å². The molecule has 0 bridgehead atoms. The van der Waals surface area contributed by atoms with Crippen LogP contribution in [0.3, 0.4) is 0 Å². The van der Waals surface area contributed by atoms with E-state index < -0.39 is 0 Å². The first-order valence-corrected chi connectivity index (χ1v) is 37.5. The summed E-state index contributed by atoms with van der Waals surface area (Å²) in [4.78, 5) is 24.1. The number of hydrogen-bond donors (Lipinski definition) is 2. The molecule has 0 rings (SSSR count). The van der Waals surface area contributed by atoms with E-state index in [-0.39, 0.29) is 11.8 Å². The lowest BCUT2D eigenvalue weighted by molar-refractivity contribution is -0.122. The van der Waals surface area contributed by atoms with E-state index >= 15 is 0 Å². The molecule has 0 aromatic rings. The van der Waals surface area contributed by atoms with Crippen molar-refractivity contribution in [1.82, 2.24) is 10.6 Å². The summed E-state index contributed by atoms with van der Waals surface area (Å²) in [5.41, 5.74) is 0. The third-order valence-electron chi connectivity index (χ3n) is 17.0. The van der Waals surface area contributed by atoms with E-state index in [4.69, 9.17) is 0 Å². The third kappa shape index (κ3) is 78.5. The SMILES string of the molecule is CCCCCCCC/C=C\CCCCCCCC(=O)NCCCCCCCCCCCCCCCCCC.CCCCCCCC/C=C\CCCCCCCCCCCC(=O)NCCCCCCCCCCCCCCCCCC. The van der Waals surface area contributed by atoms with Gasteiger partial charge in [-0.05, 0) is 77.0 Å². The Bertz CT molecular complexity index is 1180. The maximum atomic E-state index is 12.1. The molecule has 0 aliphatic rings. The Labute approximate surface area is 505 Å². The zero-order valence-electron chi connectivity index (χ0n) is 55.8. The van der Waals surface area contributed by atoms with Crippen LogP contribution in [0.1, 0.15) is 439 Å². The number of amides is 2. The molecular formula is C76H150N2O2. The molecule has 80 heavy (non-hydrogen) atoms. The van der Waals surface area contributed by atoms with Crippen molar-refractivity contribution < 1.29 is 9.59 Å². The van der Waals surface area contributed by atoms with E-state index in [0.29, 0.717) is 0 Å². The van der Waals surface area contributed by atoms with Crippen LogP contribution < -0.4 is 10.6 Å². The summed E-state index contributed by atoms with van der Waals surface area (Å²) in [5, 5.41) is 6.28. The Kier molecular flexibility index (Phi) is 77.9. The fourth-order valence-electron chi connectivity index (χ4n) is 11.4. The lowest BCUT2D eigenvalue weighted by atomic mass is 10.0. The average Bonchev–Trinajstić information content (AvgIpc) is 3.46. The summed E-state index contributed by atoms with van der Waals surface area (Å²) in [6.45, 7) is 10.9. The second kappa shape index (κ2) is 77.4. The van der Waals surface area contributed by atoms with Crippen molar-refractivity contribution in [1.29, 1.82) is 0 Å². The predicted octanol–water partition coefficient (Wildman–Crippen LogP) is 26.4. The quantitative estimate of drug-likeness (QED) is 0.0471. The van der Waals surface area contributed by atoms with Crippen LogP contribution in [0.2, 0.25) is 0 Å². The molecule has 0 unspecified atom stereocenters. The molecule has 0 aromatic carbocycles. The van der Waals surface area contributed by atoms with Gasteiger partial charge in [0.05, 0.1) is 0 Å². The lowest BCUT2D eigenvalue weighted by Crippen LogP contribution is -2.23. The Balaban J connectivity index is 0. The topological polar surface area (TPSA) is 58.2 Å². The van der Waals surface area contributed by atoms with Crippen LogP contribution in [0, 0.1) is 0 Å². The molecule has 0 fully saturated rings. The Morgan fingerprint density at radius 1 is 0.200 bits per heavy atom. The van der Waals surface area contributed by atoms with Crippen molar-refractivity contribution >= 4 is 11.8 Å². The highest BCUT2D eigenvalue weighted by atomic mass is 16.2. The molecule has 4 nitrogen and oxygen atoms in total. The second-order valence-electron chi connectivity index (χ2n) is 25.4. The van der Waals surface area contributed by atoms with E-state index in [2.05, 4.69) is 62.6 Å². The van der Waals surface area contributed by atoms with Gasteiger partial charge in [0.1, 0.15) is 0 Å². The van der Waals surface area contributed by atoms with E-state index in [1.54, 1.807) is 0 Å². The van der Waals surface area contributed by atoms with Gasteiger partial charge in [-0.25, -0.2) is 0 Å². The first-order valence-electron chi connectivity index (χ1n) is 37.5. The van der Waals surface area contributed by atoms with Gasteiger partial charge in [-0.1, -0.05) is 373 Å². The standard InChI is InChI=1S/C40H79NO.C36H71NO/c1-3-5-7-9-11-13-15-17-19-21-22-23-24-26-28-30-32-34-36-38-40(42)41-39-37-35-33-31-29-27-25-20-18-16-14-12-10-8-6-4-2;1-3-5-7-9-11-13-15-17-19-21-23-25-27-29-31-33-35-37-36(38)34-32-30-28-26-24-22-20-18-16-14-12-10-8-6-4-2/h17,19H,3-16,18,20-39H2,1-2H3,(H,41,42);18,20H,3-17,19,21-35H2,1-2H3,(H,37,38)/b19-17-;20-18-. The molecular weight excluding hydrogens is 973 g/mol. The Morgan fingerprint density at radius 3 is 0.537 bits per heavy atom. The summed E-state index contributed by atoms with van der Waals surface area (Å²) < 4.78 is 0. The first-order chi connectivity index (χ1) is 39.6. The van der Waals surface area contributed by atoms with Crippen LogP contribution in [0.25, 0.3) is 0 Å². The number of rotatable bonds is 68. The number of allylic oxidation sites excluding steroid dienone is 4. The predicted molar refractivity (Wildman–Crippen MR) is 362 cm³/mol. The average molecular weight is 1120 g/mol. The molecule has 0 saturated carbocycles. The number of hydrogen-bond acceptors (Lipinski definition) is 2. The highest BCUT2D eigenvalue weighted by Gasteiger charge is 2.03. The van der Waals surface area contributed by atoms with Crippen molar-refractivity contribution in [2.75, 3.05) is 13.1 Å². The minimum absolute atomic E-state index is 0.267. The smallest absolute Gasteiger partial charge is 0.219 e. The fraction of sp³-hybridized carbons (Fsp3) is 0.921. The van der Waals surface area contributed by atoms with Crippen molar-refractivity contribution in [3.8, 4) is 0 Å². The van der Waals surface area contributed by atoms with Crippen LogP contribution in [-0.4, -0.2) is 24.9 Å². The van der Waals surface area contributed by atoms with Crippen LogP contribution in [0.4, 0.5) is 0 Å². The van der Waals surface area contributed by atoms with Gasteiger partial charge in [0.25, 0.3) is 0 Å². The molecule has 4 heteroatoms. The molecule has 0 heterocycles. The summed E-state index contributed by atoms with van der Waals surface area (Å²) >= 11 is 0. The zero-order chi connectivity index (χ0) is 58.1. The number of unbranched alkanes of at least 4 members (excludes halogenated alkanes) is 56. The molecule has 0 aliphatic heterocycles. The molecule has 0 aliphatic carbocycles. The third-order valence-corrected chi connectivity index (χ3v) is 17.0. The molecule has 0 aromatic heterocycles. The Morgan fingerprint density at radius 2 is 0.350 bits per heavy atom. The zero-order valence-corrected chi connectivity index (χ0v) is 55.8. The van der Waals surface area contributed by atoms with Crippen LogP contribution >= 0.6 is 0 Å². The summed E-state index contributed by atoms with van der Waals surface area (Å²) in [7, 11) is 0. The lowest BCUT2D eigenvalue weighted by Gasteiger charge is -2.06. The minimum atomic E-state index is 0.267. The maximum Gasteiger partial charge on any atom is 0.219 e. The van der Waals surface area contributed by atoms with E-state index in [1.807, 2.05) is 0 Å². The molecule has 2 amide bonds. The monoisotopic (exact) mass is 1120 g/mol. The fourth-order valence-corrected chi connectivity index (χ4v) is 11.4. The first kappa shape index (κ1) is 80.5. The summed E-state index contributed by atoms with van der Waals surface area (Å²) in [5.74, 6) is 0.542. The van der Waals surface area contributed by atoms with Gasteiger partial charge < -0.3 is 10.6 Å².